The molecule has 0 radical (unpaired) electrons. The zero-order valence-electron chi connectivity index (χ0n) is 20.9. The molecule has 2 heterocycles. The maximum atomic E-state index is 13.6. The first-order chi connectivity index (χ1) is 18.1. The summed E-state index contributed by atoms with van der Waals surface area (Å²) in [6, 6.07) is 14.3. The summed E-state index contributed by atoms with van der Waals surface area (Å²) >= 11 is 2.21. The molecule has 0 aliphatic heterocycles. The number of aryl methyl sites for hydroxylation is 1. The lowest BCUT2D eigenvalue weighted by atomic mass is 10.2. The van der Waals surface area contributed by atoms with Crippen molar-refractivity contribution in [3.63, 3.8) is 0 Å². The predicted octanol–water partition coefficient (Wildman–Crippen LogP) is 5.68. The monoisotopic (exact) mass is 571 g/mol. The Labute approximate surface area is 228 Å². The molecule has 4 aromatic rings. The molecular formula is C25H25N5O5S3. The van der Waals surface area contributed by atoms with Crippen molar-refractivity contribution in [3.05, 3.63) is 80.7 Å². The molecule has 4 rings (SSSR count). The van der Waals surface area contributed by atoms with Crippen LogP contribution in [0.5, 0.6) is 0 Å². The van der Waals surface area contributed by atoms with Crippen LogP contribution in [-0.4, -0.2) is 48.3 Å². The number of nitrogens with zero attached hydrogens (tertiary/aromatic N) is 5. The van der Waals surface area contributed by atoms with E-state index in [1.165, 1.54) is 59.2 Å². The molecule has 0 aliphatic rings. The number of unbranched alkanes of at least 4 members (excludes halogenated alkanes) is 1. The quantitative estimate of drug-likeness (QED) is 0.137. The number of hydrazone groups is 1. The Balaban J connectivity index is 1.68. The minimum Gasteiger partial charge on any atom is -0.267 e. The number of amides is 1. The Morgan fingerprint density at radius 1 is 1.13 bits per heavy atom. The van der Waals surface area contributed by atoms with E-state index in [-0.39, 0.29) is 15.5 Å². The van der Waals surface area contributed by atoms with Crippen LogP contribution in [0, 0.1) is 17.0 Å². The third kappa shape index (κ3) is 5.96. The van der Waals surface area contributed by atoms with Crippen molar-refractivity contribution in [2.45, 2.75) is 31.6 Å². The zero-order chi connectivity index (χ0) is 27.4. The first-order valence-electron chi connectivity index (χ1n) is 11.7. The van der Waals surface area contributed by atoms with Gasteiger partial charge in [-0.15, -0.1) is 0 Å². The highest BCUT2D eigenvalue weighted by Gasteiger charge is 2.24. The Morgan fingerprint density at radius 3 is 2.53 bits per heavy atom. The molecule has 198 valence electrons. The lowest BCUT2D eigenvalue weighted by molar-refractivity contribution is -0.380. The van der Waals surface area contributed by atoms with Crippen molar-refractivity contribution < 1.29 is 18.1 Å². The number of rotatable bonds is 10. The van der Waals surface area contributed by atoms with Gasteiger partial charge < -0.3 is 0 Å². The minimum absolute atomic E-state index is 0.0412. The largest absolute Gasteiger partial charge is 0.324 e. The van der Waals surface area contributed by atoms with Crippen molar-refractivity contribution in [2.24, 2.45) is 5.10 Å². The van der Waals surface area contributed by atoms with Gasteiger partial charge in [-0.05, 0) is 61.4 Å². The van der Waals surface area contributed by atoms with Gasteiger partial charge in [-0.1, -0.05) is 42.1 Å². The second kappa shape index (κ2) is 11.5. The molecule has 0 aliphatic carbocycles. The molecular weight excluding hydrogens is 547 g/mol. The molecule has 0 spiro atoms. The Hall–Kier alpha value is -3.52. The molecule has 0 atom stereocenters. The van der Waals surface area contributed by atoms with E-state index in [1.807, 2.05) is 32.0 Å². The third-order valence-electron chi connectivity index (χ3n) is 5.64. The van der Waals surface area contributed by atoms with E-state index >= 15 is 0 Å². The molecule has 0 unspecified atom stereocenters. The highest BCUT2D eigenvalue weighted by molar-refractivity contribution is 7.89. The summed E-state index contributed by atoms with van der Waals surface area (Å²) in [5.41, 5.74) is 1.96. The van der Waals surface area contributed by atoms with Gasteiger partial charge in [0.05, 0.1) is 31.1 Å². The van der Waals surface area contributed by atoms with E-state index in [9.17, 15) is 23.3 Å². The minimum atomic E-state index is -3.68. The van der Waals surface area contributed by atoms with Crippen LogP contribution in [0.25, 0.3) is 10.2 Å². The standard InChI is InChI=1S/C25H25N5O5S3/c1-4-5-14-28(3)38(34,35)20-10-7-18(8-11-20)24(31)29(26-16-19-9-13-23(36-19)30(32)33)25-27-21-12-6-17(2)15-22(21)37-25/h6-13,15-16H,4-5,14H2,1-3H3/b26-16+. The number of nitro groups is 1. The van der Waals surface area contributed by atoms with E-state index in [0.717, 1.165) is 39.5 Å². The van der Waals surface area contributed by atoms with Gasteiger partial charge in [0.2, 0.25) is 15.2 Å². The lowest BCUT2D eigenvalue weighted by Crippen LogP contribution is -2.28. The van der Waals surface area contributed by atoms with Gasteiger partial charge in [0, 0.05) is 25.2 Å². The van der Waals surface area contributed by atoms with Gasteiger partial charge in [-0.25, -0.2) is 17.7 Å². The van der Waals surface area contributed by atoms with E-state index in [0.29, 0.717) is 22.1 Å². The van der Waals surface area contributed by atoms with Crippen molar-refractivity contribution in [2.75, 3.05) is 18.6 Å². The molecule has 0 bridgehead atoms. The number of anilines is 1. The average molecular weight is 572 g/mol. The fourth-order valence-electron chi connectivity index (χ4n) is 3.50. The number of fused-ring (bicyclic) bond motifs is 1. The number of hydrogen-bond acceptors (Lipinski definition) is 9. The molecule has 2 aromatic carbocycles. The first-order valence-corrected chi connectivity index (χ1v) is 14.7. The summed E-state index contributed by atoms with van der Waals surface area (Å²) in [5.74, 6) is -0.522. The van der Waals surface area contributed by atoms with Crippen LogP contribution in [0.2, 0.25) is 0 Å². The van der Waals surface area contributed by atoms with Crippen molar-refractivity contribution >= 4 is 65.2 Å². The molecule has 0 saturated carbocycles. The maximum Gasteiger partial charge on any atom is 0.324 e. The predicted molar refractivity (Wildman–Crippen MR) is 151 cm³/mol. The summed E-state index contributed by atoms with van der Waals surface area (Å²) < 4.78 is 27.9. The topological polar surface area (TPSA) is 126 Å². The molecule has 1 amide bonds. The van der Waals surface area contributed by atoms with E-state index in [4.69, 9.17) is 0 Å². The van der Waals surface area contributed by atoms with Gasteiger partial charge in [0.15, 0.2) is 0 Å². The molecule has 0 saturated heterocycles. The second-order valence-corrected chi connectivity index (χ2v) is 12.6. The number of thiazole rings is 1. The van der Waals surface area contributed by atoms with Gasteiger partial charge in [-0.3, -0.25) is 14.9 Å². The number of sulfonamides is 1. The van der Waals surface area contributed by atoms with E-state index in [1.54, 1.807) is 6.07 Å². The lowest BCUT2D eigenvalue weighted by Gasteiger charge is -2.17. The van der Waals surface area contributed by atoms with Crippen LogP contribution in [0.15, 0.2) is 64.6 Å². The van der Waals surface area contributed by atoms with Crippen molar-refractivity contribution in [1.29, 1.82) is 0 Å². The number of aromatic nitrogens is 1. The smallest absolute Gasteiger partial charge is 0.267 e. The van der Waals surface area contributed by atoms with Crippen molar-refractivity contribution in [3.8, 4) is 0 Å². The van der Waals surface area contributed by atoms with Gasteiger partial charge in [0.25, 0.3) is 5.91 Å². The average Bonchev–Trinajstić information content (AvgIpc) is 3.54. The number of carbonyl (C=O) groups excluding carboxylic acids is 1. The molecule has 38 heavy (non-hydrogen) atoms. The van der Waals surface area contributed by atoms with Crippen molar-refractivity contribution in [1.82, 2.24) is 9.29 Å². The summed E-state index contributed by atoms with van der Waals surface area (Å²) in [7, 11) is -2.15. The number of hydrogen-bond donors (Lipinski definition) is 0. The molecule has 10 nitrogen and oxygen atoms in total. The number of carbonyl (C=O) groups is 1. The summed E-state index contributed by atoms with van der Waals surface area (Å²) in [6.45, 7) is 4.35. The van der Waals surface area contributed by atoms with Gasteiger partial charge in [0.1, 0.15) is 0 Å². The SMILES string of the molecule is CCCCN(C)S(=O)(=O)c1ccc(C(=O)N(/N=C/c2ccc([N+](=O)[O-])s2)c2nc3ccc(C)cc3s2)cc1. The zero-order valence-corrected chi connectivity index (χ0v) is 23.3. The molecule has 0 N–H and O–H groups in total. The maximum absolute atomic E-state index is 13.6. The van der Waals surface area contributed by atoms with E-state index in [2.05, 4.69) is 10.1 Å². The normalized spacial score (nSPS) is 12.0. The molecule has 13 heteroatoms. The Bertz CT molecular complexity index is 1610. The number of thiophene rings is 1. The van der Waals surface area contributed by atoms with Crippen LogP contribution in [0.3, 0.4) is 0 Å². The Kier molecular flexibility index (Phi) is 8.31. The number of benzene rings is 2. The van der Waals surface area contributed by atoms with Gasteiger partial charge in [-0.2, -0.15) is 10.1 Å². The van der Waals surface area contributed by atoms with Gasteiger partial charge >= 0.3 is 5.00 Å². The van der Waals surface area contributed by atoms with Crippen LogP contribution in [-0.2, 0) is 10.0 Å². The summed E-state index contributed by atoms with van der Waals surface area (Å²) in [5, 5.41) is 16.8. The molecule has 2 aromatic heterocycles. The van der Waals surface area contributed by atoms with E-state index < -0.39 is 20.9 Å². The Morgan fingerprint density at radius 2 is 1.87 bits per heavy atom. The summed E-state index contributed by atoms with van der Waals surface area (Å²) in [4.78, 5) is 29.3. The van der Waals surface area contributed by atoms with Crippen LogP contribution >= 0.6 is 22.7 Å². The van der Waals surface area contributed by atoms with Crippen LogP contribution < -0.4 is 5.01 Å². The second-order valence-electron chi connectivity index (χ2n) is 8.47. The fourth-order valence-corrected chi connectivity index (χ4v) is 6.41. The van der Waals surface area contributed by atoms with Crippen LogP contribution in [0.1, 0.15) is 40.6 Å². The third-order valence-corrected chi connectivity index (χ3v) is 9.47. The molecule has 0 fully saturated rings. The fraction of sp³-hybridized carbons (Fsp3) is 0.240. The van der Waals surface area contributed by atoms with Crippen LogP contribution in [0.4, 0.5) is 10.1 Å². The highest BCUT2D eigenvalue weighted by Crippen LogP contribution is 2.31. The summed E-state index contributed by atoms with van der Waals surface area (Å²) in [6.07, 6.45) is 2.98. The highest BCUT2D eigenvalue weighted by atomic mass is 32.2. The first kappa shape index (κ1) is 27.5.